The number of halogens is 1. The molecule has 9 nitrogen and oxygen atoms in total. The zero-order valence-electron chi connectivity index (χ0n) is 18.3. The molecule has 2 aromatic carbocycles. The van der Waals surface area contributed by atoms with Crippen LogP contribution in [0.2, 0.25) is 0 Å². The van der Waals surface area contributed by atoms with Crippen molar-refractivity contribution < 1.29 is 8.42 Å². The second-order valence-corrected chi connectivity index (χ2v) is 9.33. The van der Waals surface area contributed by atoms with Crippen molar-refractivity contribution in [2.45, 2.75) is 19.8 Å². The molecular weight excluding hydrogens is 462 g/mol. The normalized spacial score (nSPS) is 18.7. The Bertz CT molecular complexity index is 1220. The van der Waals surface area contributed by atoms with Crippen LogP contribution in [-0.2, 0) is 10.2 Å². The number of hydrazone groups is 1. The first-order valence-electron chi connectivity index (χ1n) is 10.6. The molecule has 2 heterocycles. The number of rotatable bonds is 7. The minimum absolute atomic E-state index is 0.110. The summed E-state index contributed by atoms with van der Waals surface area (Å²) >= 11 is 6.37. The lowest BCUT2D eigenvalue weighted by atomic mass is 9.90. The third-order valence-electron chi connectivity index (χ3n) is 5.44. The van der Waals surface area contributed by atoms with Crippen LogP contribution in [0.4, 0.5) is 0 Å². The highest BCUT2D eigenvalue weighted by molar-refractivity contribution is 7.88. The molecular formula is C22H24ClN7O2S. The maximum absolute atomic E-state index is 12.6. The molecule has 0 amide bonds. The van der Waals surface area contributed by atoms with Gasteiger partial charge in [0.15, 0.2) is 12.5 Å². The number of hydrogen-bond acceptors (Lipinski definition) is 6. The maximum atomic E-state index is 12.6. The van der Waals surface area contributed by atoms with Gasteiger partial charge in [-0.1, -0.05) is 68.4 Å². The van der Waals surface area contributed by atoms with Gasteiger partial charge in [-0.3, -0.25) is 0 Å². The number of nitrogens with zero attached hydrogens (tertiary/aromatic N) is 7. The highest BCUT2D eigenvalue weighted by Crippen LogP contribution is 2.30. The van der Waals surface area contributed by atoms with E-state index in [1.54, 1.807) is 13.8 Å². The molecule has 0 bridgehead atoms. The SMILES string of the molecule is CCN(CC)S(=O)(=O)/N=C(\Cl)N1CC(c2ccccc2)C(c2ccc(C3=NCN=N3)cc2)=N1. The van der Waals surface area contributed by atoms with Crippen LogP contribution in [0.5, 0.6) is 0 Å². The van der Waals surface area contributed by atoms with Crippen molar-refractivity contribution in [1.29, 1.82) is 0 Å². The van der Waals surface area contributed by atoms with Crippen molar-refractivity contribution in [3.05, 3.63) is 71.3 Å². The zero-order chi connectivity index (χ0) is 23.4. The van der Waals surface area contributed by atoms with Crippen molar-refractivity contribution in [3.63, 3.8) is 0 Å². The number of amidine groups is 2. The molecule has 0 saturated heterocycles. The van der Waals surface area contributed by atoms with E-state index < -0.39 is 10.2 Å². The first-order valence-corrected chi connectivity index (χ1v) is 12.4. The summed E-state index contributed by atoms with van der Waals surface area (Å²) in [5.74, 6) is 0.494. The Kier molecular flexibility index (Phi) is 6.96. The molecule has 1 unspecified atom stereocenters. The van der Waals surface area contributed by atoms with Gasteiger partial charge < -0.3 is 0 Å². The monoisotopic (exact) mass is 485 g/mol. The van der Waals surface area contributed by atoms with E-state index in [4.69, 9.17) is 11.6 Å². The molecule has 0 radical (unpaired) electrons. The van der Waals surface area contributed by atoms with Gasteiger partial charge in [0, 0.05) is 24.6 Å². The quantitative estimate of drug-likeness (QED) is 0.338. The molecule has 0 aromatic heterocycles. The molecule has 2 aliphatic rings. The number of benzene rings is 2. The molecule has 11 heteroatoms. The van der Waals surface area contributed by atoms with Crippen LogP contribution < -0.4 is 0 Å². The standard InChI is InChI=1S/C22H24ClN7O2S/c1-3-29(4-2)33(31,32)28-22(23)30-14-19(16-8-6-5-7-9-16)20(27-30)17-10-12-18(13-11-17)21-24-15-25-26-21/h5-13,19H,3-4,14-15H2,1-2H3/b28-22+. The van der Waals surface area contributed by atoms with Crippen molar-refractivity contribution in [2.24, 2.45) is 24.7 Å². The Morgan fingerprint density at radius 3 is 2.36 bits per heavy atom. The van der Waals surface area contributed by atoms with Crippen LogP contribution in [-0.4, -0.2) is 60.9 Å². The zero-order valence-corrected chi connectivity index (χ0v) is 19.9. The fourth-order valence-corrected chi connectivity index (χ4v) is 5.16. The molecule has 0 saturated carbocycles. The fraction of sp³-hybridized carbons (Fsp3) is 0.318. The van der Waals surface area contributed by atoms with E-state index in [0.29, 0.717) is 32.1 Å². The summed E-state index contributed by atoms with van der Waals surface area (Å²) in [6.45, 7) is 4.85. The van der Waals surface area contributed by atoms with Crippen LogP contribution in [0.3, 0.4) is 0 Å². The summed E-state index contributed by atoms with van der Waals surface area (Å²) in [6, 6.07) is 17.6. The fourth-order valence-electron chi connectivity index (χ4n) is 3.74. The Morgan fingerprint density at radius 1 is 1.09 bits per heavy atom. The Balaban J connectivity index is 1.68. The first-order chi connectivity index (χ1) is 15.9. The number of aliphatic imine (C=N–C) groups is 1. The molecule has 1 atom stereocenters. The van der Waals surface area contributed by atoms with Crippen molar-refractivity contribution in [2.75, 3.05) is 26.3 Å². The summed E-state index contributed by atoms with van der Waals surface area (Å²) in [5, 5.41) is 13.9. The van der Waals surface area contributed by atoms with Gasteiger partial charge >= 0.3 is 10.2 Å². The second kappa shape index (κ2) is 9.90. The van der Waals surface area contributed by atoms with Gasteiger partial charge in [0.25, 0.3) is 0 Å². The van der Waals surface area contributed by atoms with Gasteiger partial charge in [0.1, 0.15) is 0 Å². The van der Waals surface area contributed by atoms with E-state index in [-0.39, 0.29) is 11.2 Å². The second-order valence-electron chi connectivity index (χ2n) is 7.39. The average Bonchev–Trinajstić information content (AvgIpc) is 3.51. The summed E-state index contributed by atoms with van der Waals surface area (Å²) in [4.78, 5) is 4.24. The molecule has 0 spiro atoms. The number of hydrogen-bond donors (Lipinski definition) is 0. The average molecular weight is 486 g/mol. The van der Waals surface area contributed by atoms with Crippen molar-refractivity contribution in [3.8, 4) is 0 Å². The van der Waals surface area contributed by atoms with Crippen LogP contribution in [0.1, 0.15) is 36.5 Å². The molecule has 4 rings (SSSR count). The molecule has 0 fully saturated rings. The van der Waals surface area contributed by atoms with Gasteiger partial charge in [0.2, 0.25) is 5.29 Å². The minimum Gasteiger partial charge on any atom is -0.239 e. The molecule has 172 valence electrons. The van der Waals surface area contributed by atoms with Crippen LogP contribution in [0.25, 0.3) is 0 Å². The molecule has 0 aliphatic carbocycles. The van der Waals surface area contributed by atoms with Gasteiger partial charge in [-0.2, -0.15) is 22.9 Å². The third-order valence-corrected chi connectivity index (χ3v) is 7.39. The lowest BCUT2D eigenvalue weighted by Gasteiger charge is -2.17. The molecule has 2 aromatic rings. The molecule has 2 aliphatic heterocycles. The lowest BCUT2D eigenvalue weighted by molar-refractivity contribution is 0.443. The van der Waals surface area contributed by atoms with E-state index in [1.165, 1.54) is 9.31 Å². The summed E-state index contributed by atoms with van der Waals surface area (Å²) in [6.07, 6.45) is 0. The van der Waals surface area contributed by atoms with Gasteiger partial charge in [-0.25, -0.2) is 10.0 Å². The van der Waals surface area contributed by atoms with Crippen molar-refractivity contribution in [1.82, 2.24) is 9.31 Å². The summed E-state index contributed by atoms with van der Waals surface area (Å²) in [7, 11) is -3.89. The first kappa shape index (κ1) is 23.2. The Morgan fingerprint density at radius 2 is 1.76 bits per heavy atom. The van der Waals surface area contributed by atoms with E-state index in [2.05, 4.69) is 24.7 Å². The van der Waals surface area contributed by atoms with E-state index >= 15 is 0 Å². The maximum Gasteiger partial charge on any atom is 0.325 e. The number of azo groups is 1. The summed E-state index contributed by atoms with van der Waals surface area (Å²) in [5.41, 5.74) is 3.59. The topological polar surface area (TPSA) is 102 Å². The molecule has 0 N–H and O–H groups in total. The van der Waals surface area contributed by atoms with Crippen LogP contribution in [0, 0.1) is 0 Å². The molecule has 33 heavy (non-hydrogen) atoms. The highest BCUT2D eigenvalue weighted by Gasteiger charge is 2.32. The van der Waals surface area contributed by atoms with Crippen LogP contribution >= 0.6 is 11.6 Å². The Hall–Kier alpha value is -2.95. The van der Waals surface area contributed by atoms with Gasteiger partial charge in [-0.05, 0) is 22.7 Å². The third kappa shape index (κ3) is 5.02. The van der Waals surface area contributed by atoms with E-state index in [1.807, 2.05) is 54.6 Å². The van der Waals surface area contributed by atoms with Gasteiger partial charge in [0.05, 0.1) is 12.3 Å². The van der Waals surface area contributed by atoms with E-state index in [0.717, 1.165) is 22.4 Å². The van der Waals surface area contributed by atoms with Crippen molar-refractivity contribution >= 4 is 38.7 Å². The summed E-state index contributed by atoms with van der Waals surface area (Å²) < 4.78 is 30.2. The highest BCUT2D eigenvalue weighted by atomic mass is 35.5. The Labute approximate surface area is 198 Å². The van der Waals surface area contributed by atoms with Gasteiger partial charge in [-0.15, -0.1) is 9.51 Å². The predicted molar refractivity (Wildman–Crippen MR) is 130 cm³/mol. The lowest BCUT2D eigenvalue weighted by Crippen LogP contribution is -2.31. The largest absolute Gasteiger partial charge is 0.325 e. The van der Waals surface area contributed by atoms with E-state index in [9.17, 15) is 8.42 Å². The minimum atomic E-state index is -3.89. The predicted octanol–water partition coefficient (Wildman–Crippen LogP) is 3.84. The van der Waals surface area contributed by atoms with Crippen LogP contribution in [0.15, 0.2) is 79.3 Å². The smallest absolute Gasteiger partial charge is 0.239 e.